The second-order valence-electron chi connectivity index (χ2n) is 5.37. The molecule has 0 saturated heterocycles. The van der Waals surface area contributed by atoms with Crippen LogP contribution in [0.2, 0.25) is 0 Å². The highest BCUT2D eigenvalue weighted by molar-refractivity contribution is 9.10. The lowest BCUT2D eigenvalue weighted by molar-refractivity contribution is 0.666. The zero-order valence-corrected chi connectivity index (χ0v) is 13.7. The van der Waals surface area contributed by atoms with Gasteiger partial charge in [0.1, 0.15) is 11.4 Å². The van der Waals surface area contributed by atoms with Crippen molar-refractivity contribution in [2.75, 3.05) is 0 Å². The van der Waals surface area contributed by atoms with Crippen molar-refractivity contribution in [1.29, 1.82) is 0 Å². The van der Waals surface area contributed by atoms with E-state index >= 15 is 0 Å². The van der Waals surface area contributed by atoms with Crippen LogP contribution in [-0.2, 0) is 5.54 Å². The number of halogens is 1. The summed E-state index contributed by atoms with van der Waals surface area (Å²) in [5.74, 6) is 0.527. The third-order valence-electron chi connectivity index (χ3n) is 4.12. The molecule has 5 heteroatoms. The summed E-state index contributed by atoms with van der Waals surface area (Å²) < 4.78 is 0.995. The Morgan fingerprint density at radius 2 is 1.70 bits per heavy atom. The Balaban J connectivity index is 2.09. The predicted molar refractivity (Wildman–Crippen MR) is 93.2 cm³/mol. The lowest BCUT2D eigenvalue weighted by Gasteiger charge is -2.28. The van der Waals surface area contributed by atoms with Crippen LogP contribution in [0.5, 0.6) is 0 Å². The summed E-state index contributed by atoms with van der Waals surface area (Å²) in [6.45, 7) is 0. The van der Waals surface area contributed by atoms with Gasteiger partial charge in [-0.2, -0.15) is 0 Å². The normalized spacial score (nSPS) is 19.3. The highest BCUT2D eigenvalue weighted by atomic mass is 79.9. The van der Waals surface area contributed by atoms with Gasteiger partial charge < -0.3 is 5.73 Å². The Morgan fingerprint density at radius 1 is 0.913 bits per heavy atom. The van der Waals surface area contributed by atoms with E-state index in [1.54, 1.807) is 18.6 Å². The topological polar surface area (TPSA) is 64.2 Å². The Hall–Kier alpha value is -2.53. The summed E-state index contributed by atoms with van der Waals surface area (Å²) in [6.07, 6.45) is 7.13. The molecular weight excluding hydrogens is 352 g/mol. The van der Waals surface area contributed by atoms with Crippen LogP contribution in [-0.4, -0.2) is 15.8 Å². The molecule has 2 N–H and O–H groups in total. The Kier molecular flexibility index (Phi) is 3.23. The maximum absolute atomic E-state index is 6.23. The quantitative estimate of drug-likeness (QED) is 0.758. The third-order valence-corrected chi connectivity index (χ3v) is 4.61. The largest absolute Gasteiger partial charge is 0.383 e. The molecule has 0 fully saturated rings. The molecule has 0 saturated carbocycles. The second kappa shape index (κ2) is 5.28. The van der Waals surface area contributed by atoms with E-state index < -0.39 is 5.54 Å². The van der Waals surface area contributed by atoms with Crippen molar-refractivity contribution in [3.05, 3.63) is 94.0 Å². The number of hydrogen-bond donors (Lipinski definition) is 1. The summed E-state index contributed by atoms with van der Waals surface area (Å²) in [4.78, 5) is 13.3. The molecule has 1 aliphatic rings. The molecule has 4 rings (SSSR count). The van der Waals surface area contributed by atoms with E-state index in [9.17, 15) is 0 Å². The summed E-state index contributed by atoms with van der Waals surface area (Å²) >= 11 is 3.55. The first-order valence-corrected chi connectivity index (χ1v) is 7.98. The number of aromatic nitrogens is 2. The van der Waals surface area contributed by atoms with Crippen molar-refractivity contribution in [1.82, 2.24) is 9.97 Å². The van der Waals surface area contributed by atoms with E-state index in [0.717, 1.165) is 26.7 Å². The molecule has 112 valence electrons. The molecule has 4 nitrogen and oxygen atoms in total. The lowest BCUT2D eigenvalue weighted by Crippen LogP contribution is -2.25. The fraction of sp³-hybridized carbons (Fsp3) is 0.0556. The van der Waals surface area contributed by atoms with Crippen molar-refractivity contribution in [2.24, 2.45) is 10.7 Å². The number of amidine groups is 1. The van der Waals surface area contributed by atoms with Gasteiger partial charge in [0.15, 0.2) is 0 Å². The fourth-order valence-corrected chi connectivity index (χ4v) is 3.52. The molecular formula is C18H13BrN4. The van der Waals surface area contributed by atoms with Gasteiger partial charge in [0.2, 0.25) is 0 Å². The summed E-state index contributed by atoms with van der Waals surface area (Å²) in [5, 5.41) is 0. The average molecular weight is 365 g/mol. The van der Waals surface area contributed by atoms with Crippen LogP contribution in [0.3, 0.4) is 0 Å². The SMILES string of the molecule is NC1=NC(c2ccncc2)(c2cccc(Br)c2)c2cnccc21. The standard InChI is InChI=1S/C18H13BrN4/c19-14-3-1-2-13(10-14)18(12-4-7-21-8-5-12)16-11-22-9-6-15(16)17(20)23-18/h1-11H,(H2,20,23). The van der Waals surface area contributed by atoms with Crippen molar-refractivity contribution < 1.29 is 0 Å². The monoisotopic (exact) mass is 364 g/mol. The summed E-state index contributed by atoms with van der Waals surface area (Å²) in [6, 6.07) is 14.0. The van der Waals surface area contributed by atoms with Gasteiger partial charge in [-0.05, 0) is 41.5 Å². The van der Waals surface area contributed by atoms with Crippen molar-refractivity contribution in [3.63, 3.8) is 0 Å². The lowest BCUT2D eigenvalue weighted by atomic mass is 9.79. The van der Waals surface area contributed by atoms with Gasteiger partial charge >= 0.3 is 0 Å². The zero-order chi connectivity index (χ0) is 15.9. The van der Waals surface area contributed by atoms with Gasteiger partial charge in [0.05, 0.1) is 0 Å². The molecule has 0 bridgehead atoms. The summed E-state index contributed by atoms with van der Waals surface area (Å²) in [5.41, 5.74) is 9.50. The second-order valence-corrected chi connectivity index (χ2v) is 6.29. The van der Waals surface area contributed by atoms with Crippen LogP contribution < -0.4 is 5.73 Å². The first-order chi connectivity index (χ1) is 11.2. The Labute approximate surface area is 142 Å². The van der Waals surface area contributed by atoms with Crippen LogP contribution in [0.1, 0.15) is 22.3 Å². The molecule has 23 heavy (non-hydrogen) atoms. The molecule has 1 aliphatic heterocycles. The van der Waals surface area contributed by atoms with E-state index in [4.69, 9.17) is 10.7 Å². The van der Waals surface area contributed by atoms with E-state index in [1.807, 2.05) is 36.5 Å². The molecule has 1 unspecified atom stereocenters. The van der Waals surface area contributed by atoms with Crippen molar-refractivity contribution in [3.8, 4) is 0 Å². The van der Waals surface area contributed by atoms with Gasteiger partial charge in [0.25, 0.3) is 0 Å². The van der Waals surface area contributed by atoms with Crippen LogP contribution in [0.15, 0.2) is 76.7 Å². The minimum atomic E-state index is -0.694. The predicted octanol–water partition coefficient (Wildman–Crippen LogP) is 3.25. The molecule has 0 aliphatic carbocycles. The number of fused-ring (bicyclic) bond motifs is 1. The maximum Gasteiger partial charge on any atom is 0.140 e. The third kappa shape index (κ3) is 2.08. The minimum Gasteiger partial charge on any atom is -0.383 e. The van der Waals surface area contributed by atoms with Gasteiger partial charge in [0, 0.05) is 40.4 Å². The van der Waals surface area contributed by atoms with Gasteiger partial charge in [-0.15, -0.1) is 0 Å². The van der Waals surface area contributed by atoms with Crippen molar-refractivity contribution in [2.45, 2.75) is 5.54 Å². The van der Waals surface area contributed by atoms with Crippen molar-refractivity contribution >= 4 is 21.8 Å². The fourth-order valence-electron chi connectivity index (χ4n) is 3.12. The minimum absolute atomic E-state index is 0.527. The van der Waals surface area contributed by atoms with Gasteiger partial charge in [-0.3, -0.25) is 9.97 Å². The number of rotatable bonds is 2. The average Bonchev–Trinajstić information content (AvgIpc) is 2.90. The molecule has 0 radical (unpaired) electrons. The first kappa shape index (κ1) is 14.1. The number of hydrogen-bond acceptors (Lipinski definition) is 4. The van der Waals surface area contributed by atoms with Crippen LogP contribution >= 0.6 is 15.9 Å². The van der Waals surface area contributed by atoms with Crippen LogP contribution in [0, 0.1) is 0 Å². The van der Waals surface area contributed by atoms with Gasteiger partial charge in [-0.1, -0.05) is 28.1 Å². The number of aliphatic imine (C=N–C) groups is 1. The highest BCUT2D eigenvalue weighted by Gasteiger charge is 2.43. The molecule has 2 aromatic heterocycles. The number of nitrogens with zero attached hydrogens (tertiary/aromatic N) is 3. The first-order valence-electron chi connectivity index (χ1n) is 7.18. The molecule has 1 atom stereocenters. The summed E-state index contributed by atoms with van der Waals surface area (Å²) in [7, 11) is 0. The van der Waals surface area contributed by atoms with E-state index in [0.29, 0.717) is 5.84 Å². The molecule has 0 spiro atoms. The van der Waals surface area contributed by atoms with Crippen LogP contribution in [0.4, 0.5) is 0 Å². The number of pyridine rings is 2. The highest BCUT2D eigenvalue weighted by Crippen LogP contribution is 2.45. The van der Waals surface area contributed by atoms with Gasteiger partial charge in [-0.25, -0.2) is 4.99 Å². The molecule has 0 amide bonds. The molecule has 3 heterocycles. The molecule has 1 aromatic carbocycles. The van der Waals surface area contributed by atoms with E-state index in [1.165, 1.54) is 0 Å². The van der Waals surface area contributed by atoms with E-state index in [-0.39, 0.29) is 0 Å². The van der Waals surface area contributed by atoms with Crippen LogP contribution in [0.25, 0.3) is 0 Å². The number of nitrogens with two attached hydrogens (primary N) is 1. The number of benzene rings is 1. The maximum atomic E-state index is 6.23. The molecule has 3 aromatic rings. The smallest absolute Gasteiger partial charge is 0.140 e. The Bertz CT molecular complexity index is 908. The Morgan fingerprint density at radius 3 is 2.48 bits per heavy atom. The zero-order valence-electron chi connectivity index (χ0n) is 12.1. The van der Waals surface area contributed by atoms with E-state index in [2.05, 4.69) is 38.0 Å².